The number of nitrogens with one attached hydrogen (secondary N) is 1. The maximum atomic E-state index is 11.9. The topological polar surface area (TPSA) is 93.3 Å². The highest BCUT2D eigenvalue weighted by atomic mass is 16.4. The Morgan fingerprint density at radius 2 is 2.24 bits per heavy atom. The van der Waals surface area contributed by atoms with E-state index in [1.54, 1.807) is 0 Å². The third-order valence-electron chi connectivity index (χ3n) is 2.97. The summed E-state index contributed by atoms with van der Waals surface area (Å²) in [5.41, 5.74) is -1.63. The first-order chi connectivity index (χ1) is 8.02. The Bertz CT molecular complexity index is 566. The van der Waals surface area contributed by atoms with Gasteiger partial charge in [-0.1, -0.05) is 0 Å². The van der Waals surface area contributed by atoms with Gasteiger partial charge in [0.25, 0.3) is 5.56 Å². The van der Waals surface area contributed by atoms with E-state index in [9.17, 15) is 14.4 Å². The smallest absolute Gasteiger partial charge is 0.342 e. The molecule has 0 spiro atoms. The molecule has 7 heteroatoms. The molecule has 2 heterocycles. The molecule has 1 aliphatic heterocycles. The van der Waals surface area contributed by atoms with Gasteiger partial charge in [0.15, 0.2) is 0 Å². The van der Waals surface area contributed by atoms with E-state index in [1.165, 1.54) is 11.6 Å². The lowest BCUT2D eigenvalue weighted by Crippen LogP contribution is -2.42. The van der Waals surface area contributed by atoms with Crippen LogP contribution in [0.1, 0.15) is 22.8 Å². The molecule has 0 aliphatic carbocycles. The highest BCUT2D eigenvalue weighted by Crippen LogP contribution is 2.12. The molecule has 1 aliphatic rings. The van der Waals surface area contributed by atoms with Crippen LogP contribution < -0.4 is 16.6 Å². The molecule has 0 aromatic carbocycles. The molecule has 2 N–H and O–H groups in total. The number of hydrogen-bond donors (Lipinski definition) is 2. The molecule has 1 fully saturated rings. The summed E-state index contributed by atoms with van der Waals surface area (Å²) >= 11 is 0. The number of carboxylic acid groups (broad SMARTS) is 1. The zero-order valence-electron chi connectivity index (χ0n) is 9.34. The first kappa shape index (κ1) is 11.6. The van der Waals surface area contributed by atoms with Crippen LogP contribution in [0.4, 0.5) is 0 Å². The fourth-order valence-electron chi connectivity index (χ4n) is 1.98. The van der Waals surface area contributed by atoms with Crippen LogP contribution in [0, 0.1) is 0 Å². The molecule has 0 unspecified atom stereocenters. The molecule has 0 bridgehead atoms. The second-order valence-corrected chi connectivity index (χ2v) is 4.05. The molecule has 1 aromatic heterocycles. The largest absolute Gasteiger partial charge is 0.477 e. The molecule has 0 radical (unpaired) electrons. The quantitative estimate of drug-likeness (QED) is 0.674. The van der Waals surface area contributed by atoms with E-state index in [0.29, 0.717) is 6.54 Å². The zero-order chi connectivity index (χ0) is 12.6. The average Bonchev–Trinajstić information content (AvgIpc) is 2.79. The summed E-state index contributed by atoms with van der Waals surface area (Å²) in [4.78, 5) is 34.3. The lowest BCUT2D eigenvalue weighted by Gasteiger charge is -2.14. The number of aromatic carboxylic acids is 1. The van der Waals surface area contributed by atoms with Gasteiger partial charge < -0.3 is 10.4 Å². The van der Waals surface area contributed by atoms with Crippen LogP contribution in [0.2, 0.25) is 0 Å². The molecule has 92 valence electrons. The number of carbonyl (C=O) groups is 1. The molecule has 1 saturated heterocycles. The summed E-state index contributed by atoms with van der Waals surface area (Å²) in [7, 11) is 1.29. The van der Waals surface area contributed by atoms with E-state index in [-0.39, 0.29) is 11.6 Å². The van der Waals surface area contributed by atoms with Crippen molar-refractivity contribution in [3.8, 4) is 0 Å². The Morgan fingerprint density at radius 1 is 1.53 bits per heavy atom. The summed E-state index contributed by atoms with van der Waals surface area (Å²) in [6, 6.07) is -0.0904. The van der Waals surface area contributed by atoms with E-state index in [0.717, 1.165) is 23.7 Å². The summed E-state index contributed by atoms with van der Waals surface area (Å²) in [6.45, 7) is 1.39. The van der Waals surface area contributed by atoms with Crippen molar-refractivity contribution in [1.82, 2.24) is 14.5 Å². The average molecular weight is 239 g/mol. The Balaban J connectivity index is 2.63. The minimum absolute atomic E-state index is 0.0904. The highest BCUT2D eigenvalue weighted by Gasteiger charge is 2.21. The number of rotatable bonds is 2. The van der Waals surface area contributed by atoms with Gasteiger partial charge in [0, 0.05) is 19.8 Å². The van der Waals surface area contributed by atoms with E-state index < -0.39 is 17.2 Å². The fraction of sp³-hybridized carbons (Fsp3) is 0.500. The van der Waals surface area contributed by atoms with Gasteiger partial charge >= 0.3 is 11.7 Å². The van der Waals surface area contributed by atoms with Crippen molar-refractivity contribution in [2.45, 2.75) is 12.5 Å². The van der Waals surface area contributed by atoms with E-state index in [2.05, 4.69) is 5.32 Å². The summed E-state index contributed by atoms with van der Waals surface area (Å²) in [5, 5.41) is 12.0. The van der Waals surface area contributed by atoms with Crippen molar-refractivity contribution in [1.29, 1.82) is 0 Å². The van der Waals surface area contributed by atoms with Crippen LogP contribution in [-0.2, 0) is 7.05 Å². The van der Waals surface area contributed by atoms with Crippen LogP contribution in [0.25, 0.3) is 0 Å². The molecule has 0 amide bonds. The van der Waals surface area contributed by atoms with Crippen molar-refractivity contribution in [2.75, 3.05) is 13.1 Å². The molecule has 1 aromatic rings. The van der Waals surface area contributed by atoms with Crippen LogP contribution in [0.5, 0.6) is 0 Å². The SMILES string of the molecule is Cn1c(=O)c(C(=O)O)cn([C@H]2CCNC2)c1=O. The van der Waals surface area contributed by atoms with Crippen LogP contribution in [0.3, 0.4) is 0 Å². The lowest BCUT2D eigenvalue weighted by molar-refractivity contribution is 0.0692. The molecular weight excluding hydrogens is 226 g/mol. The Labute approximate surface area is 96.3 Å². The second kappa shape index (κ2) is 4.17. The fourth-order valence-corrected chi connectivity index (χ4v) is 1.98. The lowest BCUT2D eigenvalue weighted by atomic mass is 10.2. The van der Waals surface area contributed by atoms with Gasteiger partial charge in [-0.25, -0.2) is 9.59 Å². The highest BCUT2D eigenvalue weighted by molar-refractivity contribution is 5.86. The summed E-state index contributed by atoms with van der Waals surface area (Å²) in [6.07, 6.45) is 1.89. The number of carboxylic acids is 1. The van der Waals surface area contributed by atoms with Crippen molar-refractivity contribution in [3.63, 3.8) is 0 Å². The Kier molecular flexibility index (Phi) is 2.84. The van der Waals surface area contributed by atoms with E-state index in [4.69, 9.17) is 5.11 Å². The van der Waals surface area contributed by atoms with Gasteiger partial charge in [0.2, 0.25) is 0 Å². The third kappa shape index (κ3) is 1.89. The van der Waals surface area contributed by atoms with Crippen molar-refractivity contribution in [3.05, 3.63) is 32.6 Å². The number of hydrogen-bond acceptors (Lipinski definition) is 4. The predicted molar refractivity (Wildman–Crippen MR) is 59.4 cm³/mol. The minimum atomic E-state index is -1.31. The first-order valence-electron chi connectivity index (χ1n) is 5.28. The van der Waals surface area contributed by atoms with Gasteiger partial charge in [-0.3, -0.25) is 13.9 Å². The minimum Gasteiger partial charge on any atom is -0.477 e. The van der Waals surface area contributed by atoms with Crippen molar-refractivity contribution < 1.29 is 9.90 Å². The first-order valence-corrected chi connectivity index (χ1v) is 5.28. The predicted octanol–water partition coefficient (Wildman–Crippen LogP) is -1.22. The normalized spacial score (nSPS) is 19.5. The number of nitrogens with zero attached hydrogens (tertiary/aromatic N) is 2. The molecule has 7 nitrogen and oxygen atoms in total. The van der Waals surface area contributed by atoms with Gasteiger partial charge in [-0.2, -0.15) is 0 Å². The Hall–Kier alpha value is -1.89. The standard InChI is InChI=1S/C10H13N3O4/c1-12-8(14)7(9(15)16)5-13(10(12)17)6-2-3-11-4-6/h5-6,11H,2-4H2,1H3,(H,15,16)/t6-/m0/s1. The second-order valence-electron chi connectivity index (χ2n) is 4.05. The van der Waals surface area contributed by atoms with Crippen LogP contribution in [-0.4, -0.2) is 33.3 Å². The van der Waals surface area contributed by atoms with Gasteiger partial charge in [-0.15, -0.1) is 0 Å². The number of aromatic nitrogens is 2. The maximum absolute atomic E-state index is 11.9. The molecule has 1 atom stereocenters. The Morgan fingerprint density at radius 3 is 2.76 bits per heavy atom. The molecule has 0 saturated carbocycles. The van der Waals surface area contributed by atoms with Crippen molar-refractivity contribution >= 4 is 5.97 Å². The van der Waals surface area contributed by atoms with Gasteiger partial charge in [0.1, 0.15) is 5.56 Å². The van der Waals surface area contributed by atoms with Gasteiger partial charge in [0.05, 0.1) is 6.04 Å². The molecule has 2 rings (SSSR count). The monoisotopic (exact) mass is 239 g/mol. The van der Waals surface area contributed by atoms with E-state index >= 15 is 0 Å². The zero-order valence-corrected chi connectivity index (χ0v) is 9.34. The van der Waals surface area contributed by atoms with Crippen LogP contribution in [0.15, 0.2) is 15.8 Å². The third-order valence-corrected chi connectivity index (χ3v) is 2.97. The van der Waals surface area contributed by atoms with Crippen LogP contribution >= 0.6 is 0 Å². The maximum Gasteiger partial charge on any atom is 0.342 e. The van der Waals surface area contributed by atoms with Gasteiger partial charge in [-0.05, 0) is 13.0 Å². The van der Waals surface area contributed by atoms with E-state index in [1.807, 2.05) is 0 Å². The van der Waals surface area contributed by atoms with Crippen molar-refractivity contribution in [2.24, 2.45) is 7.05 Å². The molecule has 17 heavy (non-hydrogen) atoms. The molecular formula is C10H13N3O4. The summed E-state index contributed by atoms with van der Waals surface area (Å²) in [5.74, 6) is -1.31. The summed E-state index contributed by atoms with van der Waals surface area (Å²) < 4.78 is 2.16.